The summed E-state index contributed by atoms with van der Waals surface area (Å²) in [4.78, 5) is 10.6. The van der Waals surface area contributed by atoms with Crippen molar-refractivity contribution in [3.8, 4) is 0 Å². The van der Waals surface area contributed by atoms with E-state index >= 15 is 0 Å². The molecule has 0 bridgehead atoms. The Morgan fingerprint density at radius 2 is 2.00 bits per heavy atom. The lowest BCUT2D eigenvalue weighted by atomic mass is 10.1. The maximum Gasteiger partial charge on any atom is 0.331 e. The molecular weight excluding hydrogens is 180 g/mol. The highest BCUT2D eigenvalue weighted by Gasteiger charge is 1.98. The zero-order valence-electron chi connectivity index (χ0n) is 7.98. The Balaban J connectivity index is 2.13. The maximum absolute atomic E-state index is 10.6. The summed E-state index contributed by atoms with van der Waals surface area (Å²) in [5.74, 6) is -0.557. The van der Waals surface area contributed by atoms with Gasteiger partial charge < -0.3 is 9.84 Å². The van der Waals surface area contributed by atoms with Crippen molar-refractivity contribution in [1.29, 1.82) is 0 Å². The second kappa shape index (κ2) is 6.16. The van der Waals surface area contributed by atoms with Crippen LogP contribution in [0.15, 0.2) is 30.3 Å². The Bertz CT molecular complexity index is 269. The van der Waals surface area contributed by atoms with Gasteiger partial charge in [0.1, 0.15) is 6.61 Å². The monoisotopic (exact) mass is 194 g/mol. The van der Waals surface area contributed by atoms with E-state index in [1.54, 1.807) is 0 Å². The van der Waals surface area contributed by atoms with Crippen molar-refractivity contribution in [2.24, 2.45) is 0 Å². The number of benzene rings is 1. The molecule has 14 heavy (non-hydrogen) atoms. The van der Waals surface area contributed by atoms with Crippen LogP contribution in [0.2, 0.25) is 0 Å². The lowest BCUT2D eigenvalue weighted by Gasteiger charge is -2.02. The van der Waals surface area contributed by atoms with E-state index in [0.29, 0.717) is 6.61 Å². The average Bonchev–Trinajstić information content (AvgIpc) is 2.25. The first-order chi connectivity index (χ1) is 6.83. The molecule has 0 aliphatic heterocycles. The minimum atomic E-state index is -0.557. The first kappa shape index (κ1) is 10.7. The molecule has 0 amide bonds. The molecule has 3 nitrogen and oxygen atoms in total. The van der Waals surface area contributed by atoms with Crippen LogP contribution in [0.4, 0.5) is 0 Å². The first-order valence-corrected chi connectivity index (χ1v) is 4.63. The Labute approximate surface area is 83.3 Å². The molecule has 0 atom stereocenters. The fourth-order valence-corrected chi connectivity index (χ4v) is 1.15. The molecule has 1 N–H and O–H groups in total. The fourth-order valence-electron chi connectivity index (χ4n) is 1.15. The van der Waals surface area contributed by atoms with Gasteiger partial charge in [-0.15, -0.1) is 0 Å². The number of aryl methyl sites for hydroxylation is 1. The molecule has 0 spiro atoms. The van der Waals surface area contributed by atoms with Crippen molar-refractivity contribution in [3.63, 3.8) is 0 Å². The number of esters is 1. The predicted octanol–water partition coefficient (Wildman–Crippen LogP) is 1.15. The zero-order valence-corrected chi connectivity index (χ0v) is 7.98. The topological polar surface area (TPSA) is 46.5 Å². The van der Waals surface area contributed by atoms with E-state index in [9.17, 15) is 4.79 Å². The number of rotatable bonds is 5. The van der Waals surface area contributed by atoms with Crippen LogP contribution >= 0.6 is 0 Å². The molecule has 1 aromatic rings. The third-order valence-electron chi connectivity index (χ3n) is 1.84. The van der Waals surface area contributed by atoms with Crippen molar-refractivity contribution in [2.75, 3.05) is 13.2 Å². The van der Waals surface area contributed by atoms with Crippen molar-refractivity contribution in [3.05, 3.63) is 35.9 Å². The van der Waals surface area contributed by atoms with Crippen LogP contribution in [0.3, 0.4) is 0 Å². The highest BCUT2D eigenvalue weighted by molar-refractivity contribution is 5.70. The van der Waals surface area contributed by atoms with Crippen molar-refractivity contribution < 1.29 is 14.6 Å². The minimum Gasteiger partial charge on any atom is -0.464 e. The molecule has 0 aromatic heterocycles. The van der Waals surface area contributed by atoms with Crippen LogP contribution in [-0.4, -0.2) is 24.3 Å². The van der Waals surface area contributed by atoms with E-state index in [4.69, 9.17) is 9.84 Å². The van der Waals surface area contributed by atoms with Crippen molar-refractivity contribution >= 4 is 5.97 Å². The maximum atomic E-state index is 10.6. The van der Waals surface area contributed by atoms with Crippen LogP contribution in [0.1, 0.15) is 12.0 Å². The van der Waals surface area contributed by atoms with Gasteiger partial charge in [0.05, 0.1) is 6.61 Å². The Morgan fingerprint density at radius 3 is 2.64 bits per heavy atom. The molecule has 0 fully saturated rings. The van der Waals surface area contributed by atoms with Crippen LogP contribution in [0, 0.1) is 0 Å². The smallest absolute Gasteiger partial charge is 0.331 e. The molecule has 0 saturated carbocycles. The summed E-state index contributed by atoms with van der Waals surface area (Å²) in [5, 5.41) is 8.38. The van der Waals surface area contributed by atoms with E-state index < -0.39 is 12.6 Å². The molecule has 1 rings (SSSR count). The number of aliphatic hydroxyl groups excluding tert-OH is 1. The summed E-state index contributed by atoms with van der Waals surface area (Å²) in [6.45, 7) is -0.167. The van der Waals surface area contributed by atoms with Gasteiger partial charge in [-0.1, -0.05) is 30.3 Å². The van der Waals surface area contributed by atoms with Gasteiger partial charge in [-0.25, -0.2) is 4.79 Å². The lowest BCUT2D eigenvalue weighted by molar-refractivity contribution is -0.146. The molecule has 3 heteroatoms. The lowest BCUT2D eigenvalue weighted by Crippen LogP contribution is -2.10. The number of carbonyl (C=O) groups is 1. The molecule has 0 unspecified atom stereocenters. The molecule has 1 aromatic carbocycles. The van der Waals surface area contributed by atoms with Crippen LogP contribution in [-0.2, 0) is 16.0 Å². The summed E-state index contributed by atoms with van der Waals surface area (Å²) in [6.07, 6.45) is 1.68. The number of ether oxygens (including phenoxy) is 1. The van der Waals surface area contributed by atoms with E-state index in [1.165, 1.54) is 5.56 Å². The van der Waals surface area contributed by atoms with E-state index in [2.05, 4.69) is 0 Å². The van der Waals surface area contributed by atoms with E-state index in [1.807, 2.05) is 30.3 Å². The fraction of sp³-hybridized carbons (Fsp3) is 0.364. The highest BCUT2D eigenvalue weighted by atomic mass is 16.5. The Kier molecular flexibility index (Phi) is 4.72. The number of hydrogen-bond donors (Lipinski definition) is 1. The third-order valence-corrected chi connectivity index (χ3v) is 1.84. The van der Waals surface area contributed by atoms with Gasteiger partial charge in [0.15, 0.2) is 0 Å². The molecule has 0 radical (unpaired) electrons. The second-order valence-electron chi connectivity index (χ2n) is 2.97. The molecule has 0 aliphatic carbocycles. The van der Waals surface area contributed by atoms with Crippen LogP contribution in [0.5, 0.6) is 0 Å². The average molecular weight is 194 g/mol. The summed E-state index contributed by atoms with van der Waals surface area (Å²) in [5.41, 5.74) is 1.23. The van der Waals surface area contributed by atoms with Gasteiger partial charge in [-0.3, -0.25) is 0 Å². The van der Waals surface area contributed by atoms with Crippen LogP contribution in [0.25, 0.3) is 0 Å². The van der Waals surface area contributed by atoms with E-state index in [-0.39, 0.29) is 0 Å². The quantitative estimate of drug-likeness (QED) is 0.565. The van der Waals surface area contributed by atoms with Gasteiger partial charge in [0.2, 0.25) is 0 Å². The van der Waals surface area contributed by atoms with Gasteiger partial charge in [-0.05, 0) is 18.4 Å². The zero-order chi connectivity index (χ0) is 10.2. The van der Waals surface area contributed by atoms with Gasteiger partial charge >= 0.3 is 5.97 Å². The first-order valence-electron chi connectivity index (χ1n) is 4.63. The largest absolute Gasteiger partial charge is 0.464 e. The van der Waals surface area contributed by atoms with Crippen molar-refractivity contribution in [2.45, 2.75) is 12.8 Å². The van der Waals surface area contributed by atoms with E-state index in [0.717, 1.165) is 12.8 Å². The van der Waals surface area contributed by atoms with Gasteiger partial charge in [0.25, 0.3) is 0 Å². The summed E-state index contributed by atoms with van der Waals surface area (Å²) < 4.78 is 4.72. The summed E-state index contributed by atoms with van der Waals surface area (Å²) in [6, 6.07) is 10.0. The number of carbonyl (C=O) groups excluding carboxylic acids is 1. The number of hydrogen-bond acceptors (Lipinski definition) is 3. The highest BCUT2D eigenvalue weighted by Crippen LogP contribution is 2.02. The second-order valence-corrected chi connectivity index (χ2v) is 2.97. The van der Waals surface area contributed by atoms with Gasteiger partial charge in [-0.2, -0.15) is 0 Å². The summed E-state index contributed by atoms with van der Waals surface area (Å²) in [7, 11) is 0. The SMILES string of the molecule is O=C(CO)OCCCc1ccccc1. The molecule has 0 aliphatic rings. The number of aliphatic hydroxyl groups is 1. The molecular formula is C11H14O3. The molecule has 0 saturated heterocycles. The normalized spacial score (nSPS) is 9.79. The molecule has 76 valence electrons. The van der Waals surface area contributed by atoms with Crippen LogP contribution < -0.4 is 0 Å². The van der Waals surface area contributed by atoms with Crippen molar-refractivity contribution in [1.82, 2.24) is 0 Å². The van der Waals surface area contributed by atoms with Gasteiger partial charge in [0, 0.05) is 0 Å². The minimum absolute atomic E-state index is 0.369. The molecule has 0 heterocycles. The predicted molar refractivity (Wildman–Crippen MR) is 52.8 cm³/mol. The third kappa shape index (κ3) is 4.05. The standard InChI is InChI=1S/C11H14O3/c12-9-11(13)14-8-4-7-10-5-2-1-3-6-10/h1-3,5-6,12H,4,7-9H2. The Morgan fingerprint density at radius 1 is 1.29 bits per heavy atom. The summed E-state index contributed by atoms with van der Waals surface area (Å²) >= 11 is 0. The Hall–Kier alpha value is -1.35.